The van der Waals surface area contributed by atoms with E-state index in [1.165, 1.54) is 12.1 Å². The Morgan fingerprint density at radius 1 is 1.24 bits per heavy atom. The van der Waals surface area contributed by atoms with Crippen LogP contribution in [-0.2, 0) is 11.3 Å². The van der Waals surface area contributed by atoms with Crippen molar-refractivity contribution >= 4 is 0 Å². The van der Waals surface area contributed by atoms with Crippen LogP contribution >= 0.6 is 0 Å². The van der Waals surface area contributed by atoms with Crippen molar-refractivity contribution in [2.75, 3.05) is 19.7 Å². The van der Waals surface area contributed by atoms with Gasteiger partial charge >= 0.3 is 0 Å². The molecule has 1 aromatic carbocycles. The maximum Gasteiger partial charge on any atom is 0.123 e. The van der Waals surface area contributed by atoms with E-state index in [4.69, 9.17) is 4.74 Å². The van der Waals surface area contributed by atoms with Crippen LogP contribution in [0.1, 0.15) is 17.2 Å². The highest BCUT2D eigenvalue weighted by Crippen LogP contribution is 2.26. The van der Waals surface area contributed by atoms with Crippen molar-refractivity contribution in [3.63, 3.8) is 0 Å². The van der Waals surface area contributed by atoms with Gasteiger partial charge in [-0.1, -0.05) is 18.2 Å². The number of pyridine rings is 1. The first kappa shape index (κ1) is 15.9. The van der Waals surface area contributed by atoms with Gasteiger partial charge in [-0.05, 0) is 18.2 Å². The van der Waals surface area contributed by atoms with Crippen LogP contribution in [0.4, 0.5) is 4.39 Å². The normalized spacial score (nSPS) is 18.4. The van der Waals surface area contributed by atoms with E-state index in [0.29, 0.717) is 6.61 Å². The first-order valence-corrected chi connectivity index (χ1v) is 8.31. The van der Waals surface area contributed by atoms with Gasteiger partial charge in [-0.3, -0.25) is 15.0 Å². The molecule has 25 heavy (non-hydrogen) atoms. The van der Waals surface area contributed by atoms with Gasteiger partial charge in [0.25, 0.3) is 0 Å². The highest BCUT2D eigenvalue weighted by molar-refractivity contribution is 5.62. The summed E-state index contributed by atoms with van der Waals surface area (Å²) in [4.78, 5) is 6.50. The maximum absolute atomic E-state index is 13.5. The van der Waals surface area contributed by atoms with Gasteiger partial charge in [-0.2, -0.15) is 5.10 Å². The second kappa shape index (κ2) is 7.13. The number of hydrogen-bond donors (Lipinski definition) is 1. The molecule has 4 rings (SSSR count). The molecule has 1 N–H and O–H groups in total. The zero-order valence-electron chi connectivity index (χ0n) is 13.7. The molecule has 0 spiro atoms. The van der Waals surface area contributed by atoms with Crippen LogP contribution in [-0.4, -0.2) is 39.8 Å². The number of halogens is 1. The molecular formula is C19H19FN4O. The smallest absolute Gasteiger partial charge is 0.123 e. The Balaban J connectivity index is 1.50. The van der Waals surface area contributed by atoms with E-state index in [1.807, 2.05) is 30.6 Å². The van der Waals surface area contributed by atoms with Gasteiger partial charge in [0.2, 0.25) is 0 Å². The molecule has 0 unspecified atom stereocenters. The molecule has 0 amide bonds. The van der Waals surface area contributed by atoms with Crippen molar-refractivity contribution in [1.29, 1.82) is 0 Å². The molecule has 0 saturated carbocycles. The number of ether oxygens (including phenoxy) is 1. The van der Waals surface area contributed by atoms with Crippen molar-refractivity contribution in [3.8, 4) is 11.3 Å². The Kier molecular flexibility index (Phi) is 4.54. The molecule has 1 aliphatic heterocycles. The number of H-pyrrole nitrogens is 1. The van der Waals surface area contributed by atoms with Gasteiger partial charge in [0.05, 0.1) is 24.6 Å². The third-order valence-electron chi connectivity index (χ3n) is 4.43. The topological polar surface area (TPSA) is 54.0 Å². The number of aromatic amines is 1. The third kappa shape index (κ3) is 3.60. The maximum atomic E-state index is 13.5. The van der Waals surface area contributed by atoms with E-state index in [0.717, 1.165) is 42.0 Å². The van der Waals surface area contributed by atoms with Gasteiger partial charge in [-0.25, -0.2) is 4.39 Å². The Morgan fingerprint density at radius 3 is 3.04 bits per heavy atom. The molecule has 3 heterocycles. The lowest BCUT2D eigenvalue weighted by Crippen LogP contribution is -2.37. The van der Waals surface area contributed by atoms with Crippen molar-refractivity contribution < 1.29 is 9.13 Å². The quantitative estimate of drug-likeness (QED) is 0.794. The lowest BCUT2D eigenvalue weighted by Gasteiger charge is -2.33. The summed E-state index contributed by atoms with van der Waals surface area (Å²) < 4.78 is 19.4. The van der Waals surface area contributed by atoms with Crippen molar-refractivity contribution in [2.45, 2.75) is 12.6 Å². The summed E-state index contributed by atoms with van der Waals surface area (Å²) >= 11 is 0. The molecule has 1 atom stereocenters. The summed E-state index contributed by atoms with van der Waals surface area (Å²) in [6, 6.07) is 10.5. The second-order valence-corrected chi connectivity index (χ2v) is 6.16. The van der Waals surface area contributed by atoms with Crippen LogP contribution in [0.2, 0.25) is 0 Å². The van der Waals surface area contributed by atoms with E-state index in [-0.39, 0.29) is 11.9 Å². The fraction of sp³-hybridized carbons (Fsp3) is 0.263. The molecule has 5 nitrogen and oxygen atoms in total. The summed E-state index contributed by atoms with van der Waals surface area (Å²) in [6.45, 7) is 3.05. The summed E-state index contributed by atoms with van der Waals surface area (Å²) in [5.74, 6) is -0.249. The molecule has 1 fully saturated rings. The van der Waals surface area contributed by atoms with Crippen LogP contribution in [0.3, 0.4) is 0 Å². The van der Waals surface area contributed by atoms with E-state index < -0.39 is 0 Å². The standard InChI is InChI=1S/C19H19FN4O/c20-17-5-1-3-14(9-17)19-16(11-22-23-19)12-24-7-8-25-18(13-24)15-4-2-6-21-10-15/h1-6,9-11,18H,7-8,12-13H2,(H,22,23)/t18-/m0/s1. The van der Waals surface area contributed by atoms with Crippen LogP contribution in [0, 0.1) is 5.82 Å². The number of aromatic nitrogens is 3. The number of benzene rings is 1. The fourth-order valence-electron chi connectivity index (χ4n) is 3.18. The minimum Gasteiger partial charge on any atom is -0.371 e. The van der Waals surface area contributed by atoms with Gasteiger partial charge in [0, 0.05) is 48.7 Å². The molecule has 2 aromatic heterocycles. The highest BCUT2D eigenvalue weighted by atomic mass is 19.1. The Bertz CT molecular complexity index is 836. The predicted molar refractivity (Wildman–Crippen MR) is 92.2 cm³/mol. The summed E-state index contributed by atoms with van der Waals surface area (Å²) in [5.41, 5.74) is 3.82. The van der Waals surface area contributed by atoms with E-state index in [2.05, 4.69) is 20.1 Å². The molecule has 0 bridgehead atoms. The third-order valence-corrected chi connectivity index (χ3v) is 4.43. The Morgan fingerprint density at radius 2 is 2.20 bits per heavy atom. The van der Waals surface area contributed by atoms with Crippen molar-refractivity contribution in [3.05, 3.63) is 71.9 Å². The van der Waals surface area contributed by atoms with E-state index in [1.54, 1.807) is 12.3 Å². The van der Waals surface area contributed by atoms with Crippen molar-refractivity contribution in [2.24, 2.45) is 0 Å². The molecule has 6 heteroatoms. The number of morpholine rings is 1. The van der Waals surface area contributed by atoms with Gasteiger partial charge in [0.1, 0.15) is 5.82 Å². The molecule has 128 valence electrons. The zero-order chi connectivity index (χ0) is 17.1. The molecule has 1 saturated heterocycles. The van der Waals surface area contributed by atoms with Crippen LogP contribution in [0.5, 0.6) is 0 Å². The minimum absolute atomic E-state index is 0.0203. The molecule has 0 radical (unpaired) electrons. The number of nitrogens with zero attached hydrogens (tertiary/aromatic N) is 3. The fourth-order valence-corrected chi connectivity index (χ4v) is 3.18. The first-order valence-electron chi connectivity index (χ1n) is 8.31. The minimum atomic E-state index is -0.249. The molecular weight excluding hydrogens is 319 g/mol. The van der Waals surface area contributed by atoms with Crippen LogP contribution < -0.4 is 0 Å². The molecule has 1 aliphatic rings. The van der Waals surface area contributed by atoms with Crippen LogP contribution in [0.15, 0.2) is 55.0 Å². The largest absolute Gasteiger partial charge is 0.371 e. The Labute approximate surface area is 145 Å². The summed E-state index contributed by atoms with van der Waals surface area (Å²) in [6.07, 6.45) is 5.45. The SMILES string of the molecule is Fc1cccc(-c2[nH]ncc2CN2CCO[C@H](c3cccnc3)C2)c1. The summed E-state index contributed by atoms with van der Waals surface area (Å²) in [5, 5.41) is 7.15. The molecule has 3 aromatic rings. The lowest BCUT2D eigenvalue weighted by atomic mass is 10.1. The van der Waals surface area contributed by atoms with E-state index >= 15 is 0 Å². The van der Waals surface area contributed by atoms with Crippen molar-refractivity contribution in [1.82, 2.24) is 20.1 Å². The van der Waals surface area contributed by atoms with Gasteiger partial charge in [-0.15, -0.1) is 0 Å². The number of hydrogen-bond acceptors (Lipinski definition) is 4. The van der Waals surface area contributed by atoms with Crippen LogP contribution in [0.25, 0.3) is 11.3 Å². The number of rotatable bonds is 4. The van der Waals surface area contributed by atoms with Gasteiger partial charge < -0.3 is 4.74 Å². The van der Waals surface area contributed by atoms with E-state index in [9.17, 15) is 4.39 Å². The number of nitrogens with one attached hydrogen (secondary N) is 1. The average molecular weight is 338 g/mol. The average Bonchev–Trinajstić information content (AvgIpc) is 3.11. The van der Waals surface area contributed by atoms with Gasteiger partial charge in [0.15, 0.2) is 0 Å². The first-order chi connectivity index (χ1) is 12.3. The lowest BCUT2D eigenvalue weighted by molar-refractivity contribution is -0.0330. The highest BCUT2D eigenvalue weighted by Gasteiger charge is 2.23. The Hall–Kier alpha value is -2.57. The zero-order valence-corrected chi connectivity index (χ0v) is 13.7. The monoisotopic (exact) mass is 338 g/mol. The second-order valence-electron chi connectivity index (χ2n) is 6.16. The predicted octanol–water partition coefficient (Wildman–Crippen LogP) is 3.18. The summed E-state index contributed by atoms with van der Waals surface area (Å²) in [7, 11) is 0. The molecule has 0 aliphatic carbocycles.